The van der Waals surface area contributed by atoms with E-state index < -0.39 is 5.97 Å². The van der Waals surface area contributed by atoms with Crippen LogP contribution in [0.4, 0.5) is 5.69 Å². The molecule has 2 atom stereocenters. The number of nitrogens with zero attached hydrogens (tertiary/aromatic N) is 1. The number of fused-ring (bicyclic) bond motifs is 2. The summed E-state index contributed by atoms with van der Waals surface area (Å²) < 4.78 is 5.20. The summed E-state index contributed by atoms with van der Waals surface area (Å²) in [4.78, 5) is 26.6. The van der Waals surface area contributed by atoms with Gasteiger partial charge in [0.1, 0.15) is 0 Å². The van der Waals surface area contributed by atoms with E-state index in [1.165, 1.54) is 12.1 Å². The van der Waals surface area contributed by atoms with Crippen LogP contribution in [-0.2, 0) is 9.53 Å². The Labute approximate surface area is 153 Å². The number of rotatable bonds is 3. The largest absolute Gasteiger partial charge is 0.452 e. The van der Waals surface area contributed by atoms with Crippen molar-refractivity contribution in [3.63, 3.8) is 0 Å². The van der Waals surface area contributed by atoms with Crippen molar-refractivity contribution in [2.24, 2.45) is 10.8 Å². The van der Waals surface area contributed by atoms with E-state index in [1.807, 2.05) is 4.90 Å². The molecule has 1 saturated carbocycles. The third-order valence-electron chi connectivity index (χ3n) is 5.29. The van der Waals surface area contributed by atoms with Crippen LogP contribution in [0, 0.1) is 10.8 Å². The minimum absolute atomic E-state index is 0.123. The van der Waals surface area contributed by atoms with Crippen molar-refractivity contribution < 1.29 is 14.3 Å². The van der Waals surface area contributed by atoms with Crippen LogP contribution in [0.25, 0.3) is 0 Å². The maximum atomic E-state index is 12.6. The third kappa shape index (κ3) is 3.76. The van der Waals surface area contributed by atoms with Gasteiger partial charge in [-0.1, -0.05) is 32.4 Å². The average molecular weight is 365 g/mol. The molecule has 136 valence electrons. The molecule has 25 heavy (non-hydrogen) atoms. The molecule has 1 heterocycles. The highest BCUT2D eigenvalue weighted by Crippen LogP contribution is 2.52. The Hall–Kier alpha value is -1.75. The number of hydrogen-bond acceptors (Lipinski definition) is 4. The number of nitrogens with two attached hydrogens (primary N) is 1. The smallest absolute Gasteiger partial charge is 0.338 e. The number of carbonyl (C=O) groups is 2. The highest BCUT2D eigenvalue weighted by atomic mass is 35.5. The lowest BCUT2D eigenvalue weighted by Gasteiger charge is -2.39. The lowest BCUT2D eigenvalue weighted by Crippen LogP contribution is -2.39. The topological polar surface area (TPSA) is 72.6 Å². The van der Waals surface area contributed by atoms with E-state index in [2.05, 4.69) is 20.8 Å². The number of likely N-dealkylation sites (tertiary alicyclic amines) is 1. The van der Waals surface area contributed by atoms with Crippen LogP contribution in [-0.4, -0.2) is 36.0 Å². The molecule has 2 bridgehead atoms. The van der Waals surface area contributed by atoms with E-state index in [4.69, 9.17) is 22.1 Å². The number of anilines is 1. The summed E-state index contributed by atoms with van der Waals surface area (Å²) in [6.45, 7) is 7.27. The monoisotopic (exact) mass is 364 g/mol. The third-order valence-corrected chi connectivity index (χ3v) is 5.64. The van der Waals surface area contributed by atoms with Gasteiger partial charge < -0.3 is 15.4 Å². The predicted molar refractivity (Wildman–Crippen MR) is 97.4 cm³/mol. The van der Waals surface area contributed by atoms with E-state index >= 15 is 0 Å². The molecule has 1 aliphatic heterocycles. The molecule has 2 N–H and O–H groups in total. The summed E-state index contributed by atoms with van der Waals surface area (Å²) in [6.07, 6.45) is 3.14. The molecule has 0 radical (unpaired) electrons. The standard InChI is InChI=1S/C19H25ClN2O3/c1-18(2)7-13-8-19(3,10-18)11-22(13)16(23)9-25-17(24)12-4-5-14(20)15(21)6-12/h4-6,13H,7-11,21H2,1-3H3/t13-,19-/m0/s1. The van der Waals surface area contributed by atoms with Crippen LogP contribution in [0.1, 0.15) is 50.4 Å². The van der Waals surface area contributed by atoms with Crippen molar-refractivity contribution >= 4 is 29.2 Å². The summed E-state index contributed by atoms with van der Waals surface area (Å²) in [5.41, 5.74) is 6.71. The van der Waals surface area contributed by atoms with Crippen LogP contribution in [0.5, 0.6) is 0 Å². The number of amides is 1. The van der Waals surface area contributed by atoms with Gasteiger partial charge in [-0.3, -0.25) is 4.79 Å². The number of halogens is 1. The highest BCUT2D eigenvalue weighted by Gasteiger charge is 2.50. The van der Waals surface area contributed by atoms with Crippen LogP contribution in [0.3, 0.4) is 0 Å². The van der Waals surface area contributed by atoms with Gasteiger partial charge in [-0.2, -0.15) is 0 Å². The molecule has 3 rings (SSSR count). The Balaban J connectivity index is 1.61. The quantitative estimate of drug-likeness (QED) is 0.658. The summed E-state index contributed by atoms with van der Waals surface area (Å²) >= 11 is 5.85. The Bertz CT molecular complexity index is 719. The minimum atomic E-state index is -0.564. The summed E-state index contributed by atoms with van der Waals surface area (Å²) in [5, 5.41) is 0.382. The van der Waals surface area contributed by atoms with Crippen molar-refractivity contribution in [2.45, 2.75) is 46.1 Å². The Kier molecular flexibility index (Phi) is 4.48. The number of hydrogen-bond donors (Lipinski definition) is 1. The second-order valence-corrected chi connectivity index (χ2v) is 8.95. The van der Waals surface area contributed by atoms with Crippen molar-refractivity contribution in [1.29, 1.82) is 0 Å². The number of carbonyl (C=O) groups excluding carboxylic acids is 2. The van der Waals surface area contributed by atoms with Gasteiger partial charge in [-0.15, -0.1) is 0 Å². The highest BCUT2D eigenvalue weighted by molar-refractivity contribution is 6.33. The molecular weight excluding hydrogens is 340 g/mol. The molecule has 1 aliphatic carbocycles. The van der Waals surface area contributed by atoms with Crippen molar-refractivity contribution in [3.05, 3.63) is 28.8 Å². The number of benzene rings is 1. The Morgan fingerprint density at radius 1 is 1.32 bits per heavy atom. The molecule has 6 heteroatoms. The first-order valence-corrected chi connectivity index (χ1v) is 8.98. The zero-order chi connectivity index (χ0) is 18.4. The van der Waals surface area contributed by atoms with Gasteiger partial charge in [0.05, 0.1) is 16.3 Å². The van der Waals surface area contributed by atoms with Gasteiger partial charge in [0, 0.05) is 12.6 Å². The molecule has 2 fully saturated rings. The number of esters is 1. The van der Waals surface area contributed by atoms with Gasteiger partial charge in [0.25, 0.3) is 5.91 Å². The molecular formula is C19H25ClN2O3. The zero-order valence-electron chi connectivity index (χ0n) is 15.0. The lowest BCUT2D eigenvalue weighted by molar-refractivity contribution is -0.135. The van der Waals surface area contributed by atoms with Gasteiger partial charge in [-0.05, 0) is 48.3 Å². The van der Waals surface area contributed by atoms with Crippen molar-refractivity contribution in [1.82, 2.24) is 4.90 Å². The molecule has 5 nitrogen and oxygen atoms in total. The predicted octanol–water partition coefficient (Wildman–Crippen LogP) is 3.51. The fraction of sp³-hybridized carbons (Fsp3) is 0.579. The van der Waals surface area contributed by atoms with Gasteiger partial charge in [0.15, 0.2) is 6.61 Å². The van der Waals surface area contributed by atoms with Crippen molar-refractivity contribution in [3.8, 4) is 0 Å². The first-order valence-electron chi connectivity index (χ1n) is 8.60. The number of nitrogen functional groups attached to an aromatic ring is 1. The average Bonchev–Trinajstić information content (AvgIpc) is 2.76. The van der Waals surface area contributed by atoms with Gasteiger partial charge in [0.2, 0.25) is 0 Å². The van der Waals surface area contributed by atoms with Crippen LogP contribution < -0.4 is 5.73 Å². The minimum Gasteiger partial charge on any atom is -0.452 e. The van der Waals surface area contributed by atoms with Crippen LogP contribution in [0.15, 0.2) is 18.2 Å². The second-order valence-electron chi connectivity index (χ2n) is 8.55. The first kappa shape index (κ1) is 18.1. The fourth-order valence-electron chi connectivity index (χ4n) is 4.72. The Morgan fingerprint density at radius 3 is 2.72 bits per heavy atom. The maximum absolute atomic E-state index is 12.6. The number of ether oxygens (including phenoxy) is 1. The maximum Gasteiger partial charge on any atom is 0.338 e. The van der Waals surface area contributed by atoms with Crippen LogP contribution >= 0.6 is 11.6 Å². The SMILES string of the molecule is CC1(C)C[C@H]2C[C@](C)(CN2C(=O)COC(=O)c2ccc(Cl)c(N)c2)C1. The molecule has 0 aromatic heterocycles. The molecule has 1 aromatic rings. The van der Waals surface area contributed by atoms with E-state index in [0.29, 0.717) is 16.3 Å². The molecule has 2 aliphatic rings. The molecule has 0 unspecified atom stereocenters. The Morgan fingerprint density at radius 2 is 2.04 bits per heavy atom. The van der Waals surface area contributed by atoms with E-state index in [9.17, 15) is 9.59 Å². The normalized spacial score (nSPS) is 27.2. The summed E-state index contributed by atoms with van der Waals surface area (Å²) in [6, 6.07) is 4.78. The van der Waals surface area contributed by atoms with E-state index in [0.717, 1.165) is 25.8 Å². The van der Waals surface area contributed by atoms with E-state index in [1.54, 1.807) is 6.07 Å². The van der Waals surface area contributed by atoms with E-state index in [-0.39, 0.29) is 29.4 Å². The molecule has 0 spiro atoms. The molecule has 1 aromatic carbocycles. The molecule has 1 amide bonds. The van der Waals surface area contributed by atoms with Gasteiger partial charge >= 0.3 is 5.97 Å². The van der Waals surface area contributed by atoms with Gasteiger partial charge in [-0.25, -0.2) is 4.79 Å². The molecule has 1 saturated heterocycles. The first-order chi connectivity index (χ1) is 11.6. The van der Waals surface area contributed by atoms with Crippen LogP contribution in [0.2, 0.25) is 5.02 Å². The lowest BCUT2D eigenvalue weighted by atomic mass is 9.65. The zero-order valence-corrected chi connectivity index (χ0v) is 15.7. The fourth-order valence-corrected chi connectivity index (χ4v) is 4.83. The summed E-state index contributed by atoms with van der Waals surface area (Å²) in [7, 11) is 0. The van der Waals surface area contributed by atoms with Crippen molar-refractivity contribution in [2.75, 3.05) is 18.9 Å². The summed E-state index contributed by atoms with van der Waals surface area (Å²) in [5.74, 6) is -0.688. The second kappa shape index (κ2) is 6.20.